The van der Waals surface area contributed by atoms with E-state index in [9.17, 15) is 9.59 Å². The Labute approximate surface area is 141 Å². The summed E-state index contributed by atoms with van der Waals surface area (Å²) in [6.07, 6.45) is 3.37. The zero-order valence-electron chi connectivity index (χ0n) is 14.2. The van der Waals surface area contributed by atoms with Crippen molar-refractivity contribution in [2.24, 2.45) is 0 Å². The third-order valence-electron chi connectivity index (χ3n) is 4.68. The molecule has 128 valence electrons. The van der Waals surface area contributed by atoms with Crippen LogP contribution in [0.1, 0.15) is 18.1 Å². The summed E-state index contributed by atoms with van der Waals surface area (Å²) in [4.78, 5) is 30.9. The molecule has 1 fully saturated rings. The van der Waals surface area contributed by atoms with Gasteiger partial charge in [0.05, 0.1) is 6.04 Å². The molecule has 3 rings (SSSR count). The highest BCUT2D eigenvalue weighted by atomic mass is 16.2. The summed E-state index contributed by atoms with van der Waals surface area (Å²) in [6.45, 7) is 7.52. The van der Waals surface area contributed by atoms with E-state index in [1.165, 1.54) is 11.1 Å². The average Bonchev–Trinajstić information content (AvgIpc) is 2.96. The fourth-order valence-electron chi connectivity index (χ4n) is 3.23. The first-order valence-corrected chi connectivity index (χ1v) is 8.37. The molecule has 0 bridgehead atoms. The van der Waals surface area contributed by atoms with Crippen LogP contribution in [0, 0.1) is 6.92 Å². The molecule has 1 aliphatic heterocycles. The van der Waals surface area contributed by atoms with Crippen LogP contribution in [0.2, 0.25) is 0 Å². The van der Waals surface area contributed by atoms with Gasteiger partial charge in [0.2, 0.25) is 5.91 Å². The summed E-state index contributed by atoms with van der Waals surface area (Å²) >= 11 is 0. The molecule has 2 heterocycles. The van der Waals surface area contributed by atoms with Crippen molar-refractivity contribution in [3.05, 3.63) is 58.3 Å². The highest BCUT2D eigenvalue weighted by molar-refractivity contribution is 5.82. The lowest BCUT2D eigenvalue weighted by atomic mass is 10.1. The minimum atomic E-state index is -0.154. The van der Waals surface area contributed by atoms with Gasteiger partial charge in [0.15, 0.2) is 0 Å². The largest absolute Gasteiger partial charge is 0.336 e. The normalized spacial score (nSPS) is 19.0. The first kappa shape index (κ1) is 16.5. The topological polar surface area (TPSA) is 61.3 Å². The van der Waals surface area contributed by atoms with E-state index >= 15 is 0 Å². The Morgan fingerprint density at radius 2 is 2.04 bits per heavy atom. The minimum Gasteiger partial charge on any atom is -0.336 e. The van der Waals surface area contributed by atoms with Gasteiger partial charge in [-0.2, -0.15) is 0 Å². The van der Waals surface area contributed by atoms with Crippen molar-refractivity contribution in [2.75, 3.05) is 19.6 Å². The van der Waals surface area contributed by atoms with Crippen LogP contribution in [0.4, 0.5) is 0 Å². The molecule has 2 aromatic rings. The first-order chi connectivity index (χ1) is 11.5. The summed E-state index contributed by atoms with van der Waals surface area (Å²) in [5, 5.41) is 0. The number of hydrogen-bond acceptors (Lipinski definition) is 3. The van der Waals surface area contributed by atoms with Crippen LogP contribution < -0.4 is 5.69 Å². The fraction of sp³-hybridized carbons (Fsp3) is 0.444. The lowest BCUT2D eigenvalue weighted by Crippen LogP contribution is -2.56. The van der Waals surface area contributed by atoms with Crippen molar-refractivity contribution < 1.29 is 4.79 Å². The van der Waals surface area contributed by atoms with Crippen molar-refractivity contribution in [2.45, 2.75) is 33.0 Å². The quantitative estimate of drug-likeness (QED) is 0.898. The number of aromatic nitrogens is 2. The predicted molar refractivity (Wildman–Crippen MR) is 92.7 cm³/mol. The number of nitrogens with zero attached hydrogens (tertiary/aromatic N) is 3. The van der Waals surface area contributed by atoms with Crippen LogP contribution in [0.25, 0.3) is 0 Å². The van der Waals surface area contributed by atoms with Gasteiger partial charge in [0, 0.05) is 45.1 Å². The van der Waals surface area contributed by atoms with Crippen molar-refractivity contribution in [1.29, 1.82) is 0 Å². The summed E-state index contributed by atoms with van der Waals surface area (Å²) in [7, 11) is 0. The zero-order chi connectivity index (χ0) is 17.1. The lowest BCUT2D eigenvalue weighted by molar-refractivity contribution is -0.141. The van der Waals surface area contributed by atoms with Crippen molar-refractivity contribution in [3.8, 4) is 0 Å². The molecule has 6 heteroatoms. The molecule has 6 nitrogen and oxygen atoms in total. The second kappa shape index (κ2) is 7.05. The van der Waals surface area contributed by atoms with E-state index in [1.54, 1.807) is 17.0 Å². The minimum absolute atomic E-state index is 0.105. The van der Waals surface area contributed by atoms with Crippen LogP contribution in [-0.2, 0) is 17.9 Å². The molecular weight excluding hydrogens is 304 g/mol. The molecule has 1 aromatic heterocycles. The van der Waals surface area contributed by atoms with Gasteiger partial charge in [-0.3, -0.25) is 14.3 Å². The Kier molecular flexibility index (Phi) is 4.85. The van der Waals surface area contributed by atoms with Gasteiger partial charge in [-0.25, -0.2) is 4.79 Å². The molecule has 1 aromatic carbocycles. The molecule has 1 aliphatic rings. The maximum Gasteiger partial charge on any atom is 0.325 e. The molecule has 1 N–H and O–H groups in total. The van der Waals surface area contributed by atoms with Gasteiger partial charge in [-0.1, -0.05) is 29.8 Å². The molecule has 24 heavy (non-hydrogen) atoms. The van der Waals surface area contributed by atoms with Crippen LogP contribution in [0.5, 0.6) is 0 Å². The van der Waals surface area contributed by atoms with E-state index in [1.807, 2.05) is 17.9 Å². The van der Waals surface area contributed by atoms with Crippen LogP contribution in [0.15, 0.2) is 41.5 Å². The summed E-state index contributed by atoms with van der Waals surface area (Å²) in [6, 6.07) is 8.13. The highest BCUT2D eigenvalue weighted by Crippen LogP contribution is 2.15. The summed E-state index contributed by atoms with van der Waals surface area (Å²) < 4.78 is 1.64. The Balaban J connectivity index is 1.59. The summed E-state index contributed by atoms with van der Waals surface area (Å²) in [5.41, 5.74) is 2.28. The third kappa shape index (κ3) is 3.59. The van der Waals surface area contributed by atoms with Crippen LogP contribution in [0.3, 0.4) is 0 Å². The number of amides is 1. The number of aryl methyl sites for hydroxylation is 1. The third-order valence-corrected chi connectivity index (χ3v) is 4.68. The first-order valence-electron chi connectivity index (χ1n) is 8.37. The molecule has 0 radical (unpaired) electrons. The average molecular weight is 328 g/mol. The monoisotopic (exact) mass is 328 g/mol. The van der Waals surface area contributed by atoms with E-state index < -0.39 is 0 Å². The summed E-state index contributed by atoms with van der Waals surface area (Å²) in [5.74, 6) is 0.157. The van der Waals surface area contributed by atoms with Crippen LogP contribution in [-0.4, -0.2) is 50.9 Å². The number of carbonyl (C=O) groups excluding carboxylic acids is 1. The van der Waals surface area contributed by atoms with Crippen molar-refractivity contribution in [1.82, 2.24) is 19.4 Å². The maximum absolute atomic E-state index is 12.7. The number of nitrogens with one attached hydrogen (secondary N) is 1. The maximum atomic E-state index is 12.7. The van der Waals surface area contributed by atoms with Gasteiger partial charge in [0.25, 0.3) is 0 Å². The molecule has 1 amide bonds. The van der Waals surface area contributed by atoms with E-state index in [2.05, 4.69) is 35.0 Å². The Bertz CT molecular complexity index is 764. The number of piperazine rings is 1. The van der Waals surface area contributed by atoms with Crippen molar-refractivity contribution in [3.63, 3.8) is 0 Å². The van der Waals surface area contributed by atoms with E-state index in [0.717, 1.165) is 13.1 Å². The second-order valence-corrected chi connectivity index (χ2v) is 6.42. The number of aromatic amines is 1. The fourth-order valence-corrected chi connectivity index (χ4v) is 3.23. The predicted octanol–water partition coefficient (Wildman–Crippen LogP) is 1.22. The molecule has 0 aliphatic carbocycles. The number of benzene rings is 1. The van der Waals surface area contributed by atoms with Crippen LogP contribution >= 0.6 is 0 Å². The number of carbonyl (C=O) groups is 1. The van der Waals surface area contributed by atoms with Gasteiger partial charge in [-0.15, -0.1) is 0 Å². The van der Waals surface area contributed by atoms with Gasteiger partial charge < -0.3 is 9.88 Å². The number of rotatable bonds is 5. The van der Waals surface area contributed by atoms with Gasteiger partial charge in [0.1, 0.15) is 0 Å². The lowest BCUT2D eigenvalue weighted by Gasteiger charge is -2.39. The molecule has 1 saturated heterocycles. The van der Waals surface area contributed by atoms with Gasteiger partial charge >= 0.3 is 5.69 Å². The second-order valence-electron chi connectivity index (χ2n) is 6.42. The Morgan fingerprint density at radius 1 is 1.21 bits per heavy atom. The number of imidazole rings is 1. The zero-order valence-corrected chi connectivity index (χ0v) is 14.2. The van der Waals surface area contributed by atoms with E-state index in [0.29, 0.717) is 19.6 Å². The Morgan fingerprint density at radius 3 is 2.75 bits per heavy atom. The molecule has 0 spiro atoms. The van der Waals surface area contributed by atoms with E-state index in [-0.39, 0.29) is 17.6 Å². The number of hydrogen-bond donors (Lipinski definition) is 1. The molecule has 0 saturated carbocycles. The highest BCUT2D eigenvalue weighted by Gasteiger charge is 2.31. The molecular formula is C18H24N4O2. The standard InChI is InChI=1S/C18H24N4O2/c1-14-4-3-5-16(12-14)13-22-11-9-20(15(2)17(22)23)8-10-21-7-6-19-18(21)24/h3-7,12,15H,8-11,13H2,1-2H3,(H,19,24). The van der Waals surface area contributed by atoms with Gasteiger partial charge in [-0.05, 0) is 19.4 Å². The molecule has 1 atom stereocenters. The van der Waals surface area contributed by atoms with E-state index in [4.69, 9.17) is 0 Å². The smallest absolute Gasteiger partial charge is 0.325 e. The van der Waals surface area contributed by atoms with Crippen molar-refractivity contribution >= 4 is 5.91 Å². The number of H-pyrrole nitrogens is 1. The molecule has 1 unspecified atom stereocenters. The Hall–Kier alpha value is -2.34. The SMILES string of the molecule is Cc1cccc(CN2CCN(CCn3cc[nH]c3=O)C(C)C2=O)c1.